The predicted octanol–water partition coefficient (Wildman–Crippen LogP) is 8.89. The van der Waals surface area contributed by atoms with Gasteiger partial charge >= 0.3 is 12.5 Å². The van der Waals surface area contributed by atoms with Crippen molar-refractivity contribution in [1.82, 2.24) is 9.97 Å². The van der Waals surface area contributed by atoms with E-state index < -0.39 is 75.4 Å². The molecule has 0 aliphatic carbocycles. The number of hydrogen-bond donors (Lipinski definition) is 0. The lowest BCUT2D eigenvalue weighted by Crippen LogP contribution is -2.34. The molecule has 41 heavy (non-hydrogen) atoms. The normalized spacial score (nSPS) is 11.8. The van der Waals surface area contributed by atoms with Gasteiger partial charge in [0.1, 0.15) is 23.3 Å². The summed E-state index contributed by atoms with van der Waals surface area (Å²) < 4.78 is 143. The number of hydrogen-bond acceptors (Lipinski definition) is 3. The summed E-state index contributed by atoms with van der Waals surface area (Å²) in [7, 11) is 0. The highest BCUT2D eigenvalue weighted by Gasteiger charge is 2.45. The monoisotopic (exact) mass is 588 g/mol. The van der Waals surface area contributed by atoms with Crippen molar-refractivity contribution in [2.24, 2.45) is 0 Å². The summed E-state index contributed by atoms with van der Waals surface area (Å²) >= 11 is 0. The van der Waals surface area contributed by atoms with Gasteiger partial charge in [0, 0.05) is 18.0 Å². The van der Waals surface area contributed by atoms with E-state index in [2.05, 4.69) is 14.7 Å². The minimum atomic E-state index is -5.25. The first-order valence-electron chi connectivity index (χ1n) is 12.0. The summed E-state index contributed by atoms with van der Waals surface area (Å²) in [5, 5.41) is 0. The van der Waals surface area contributed by atoms with Crippen LogP contribution in [0.2, 0.25) is 0 Å². The van der Waals surface area contributed by atoms with Gasteiger partial charge in [-0.25, -0.2) is 36.3 Å². The highest BCUT2D eigenvalue weighted by Crippen LogP contribution is 2.38. The van der Waals surface area contributed by atoms with Crippen molar-refractivity contribution in [1.29, 1.82) is 0 Å². The van der Waals surface area contributed by atoms with Gasteiger partial charge in [-0.1, -0.05) is 13.3 Å². The Bertz CT molecular complexity index is 1510. The van der Waals surface area contributed by atoms with Crippen molar-refractivity contribution >= 4 is 0 Å². The fraction of sp³-hybridized carbons (Fsp3) is 0.214. The van der Waals surface area contributed by atoms with Gasteiger partial charge in [-0.15, -0.1) is 0 Å². The maximum atomic E-state index is 15.0. The zero-order valence-electron chi connectivity index (χ0n) is 20.9. The van der Waals surface area contributed by atoms with E-state index >= 15 is 0 Å². The van der Waals surface area contributed by atoms with Gasteiger partial charge in [0.25, 0.3) is 0 Å². The third-order valence-electron chi connectivity index (χ3n) is 5.93. The number of ether oxygens (including phenoxy) is 1. The smallest absolute Gasteiger partial charge is 0.422 e. The Morgan fingerprint density at radius 2 is 1.10 bits per heavy atom. The van der Waals surface area contributed by atoms with Crippen molar-refractivity contribution in [2.45, 2.75) is 38.7 Å². The molecule has 3 aromatic carbocycles. The molecule has 1 aromatic heterocycles. The molecule has 0 fully saturated rings. The number of halogens is 10. The zero-order valence-corrected chi connectivity index (χ0v) is 20.9. The number of aryl methyl sites for hydroxylation is 1. The molecule has 4 rings (SSSR count). The lowest BCUT2D eigenvalue weighted by atomic mass is 9.97. The molecule has 0 atom stereocenters. The molecule has 13 heteroatoms. The van der Waals surface area contributed by atoms with E-state index in [1.807, 2.05) is 6.92 Å². The topological polar surface area (TPSA) is 35.0 Å². The van der Waals surface area contributed by atoms with Crippen LogP contribution in [0.5, 0.6) is 5.75 Å². The molecule has 1 heterocycles. The molecule has 0 aliphatic rings. The molecule has 4 aromatic rings. The Kier molecular flexibility index (Phi) is 8.55. The van der Waals surface area contributed by atoms with Crippen LogP contribution in [0.1, 0.15) is 25.3 Å². The van der Waals surface area contributed by atoms with Crippen LogP contribution in [-0.4, -0.2) is 22.5 Å². The molecule has 3 nitrogen and oxygen atoms in total. The molecule has 0 spiro atoms. The van der Waals surface area contributed by atoms with E-state index in [1.54, 1.807) is 0 Å². The molecular weight excluding hydrogens is 570 g/mol. The second-order valence-corrected chi connectivity index (χ2v) is 8.88. The minimum Gasteiger partial charge on any atom is -0.422 e. The average molecular weight is 588 g/mol. The maximum absolute atomic E-state index is 15.0. The summed E-state index contributed by atoms with van der Waals surface area (Å²) in [6.45, 7) is 2.01. The molecule has 0 saturated carbocycles. The van der Waals surface area contributed by atoms with Crippen molar-refractivity contribution in [2.75, 3.05) is 0 Å². The van der Waals surface area contributed by atoms with Gasteiger partial charge in [-0.05, 0) is 65.9 Å². The lowest BCUT2D eigenvalue weighted by molar-refractivity contribution is -0.255. The first kappa shape index (κ1) is 29.8. The molecule has 0 unspecified atom stereocenters. The summed E-state index contributed by atoms with van der Waals surface area (Å²) in [5.74, 6) is -11.3. The number of aromatic nitrogens is 2. The quantitative estimate of drug-likeness (QED) is 0.183. The molecule has 0 amide bonds. The second kappa shape index (κ2) is 11.8. The summed E-state index contributed by atoms with van der Waals surface area (Å²) in [6, 6.07) is 3.05. The fourth-order valence-corrected chi connectivity index (χ4v) is 3.97. The second-order valence-electron chi connectivity index (χ2n) is 8.88. The fourth-order valence-electron chi connectivity index (χ4n) is 3.97. The first-order valence-corrected chi connectivity index (χ1v) is 12.0. The Morgan fingerprint density at radius 3 is 1.51 bits per heavy atom. The third-order valence-corrected chi connectivity index (χ3v) is 5.93. The Hall–Kier alpha value is -4.16. The third kappa shape index (κ3) is 6.28. The van der Waals surface area contributed by atoms with E-state index in [0.29, 0.717) is 12.1 Å². The molecule has 0 saturated heterocycles. The van der Waals surface area contributed by atoms with E-state index in [4.69, 9.17) is 0 Å². The van der Waals surface area contributed by atoms with Gasteiger partial charge in [0.2, 0.25) is 0 Å². The van der Waals surface area contributed by atoms with Crippen LogP contribution in [-0.2, 0) is 6.42 Å². The summed E-state index contributed by atoms with van der Waals surface area (Å²) in [6.07, 6.45) is -4.09. The van der Waals surface area contributed by atoms with Crippen molar-refractivity contribution in [3.63, 3.8) is 0 Å². The predicted molar refractivity (Wildman–Crippen MR) is 128 cm³/mol. The van der Waals surface area contributed by atoms with Crippen LogP contribution >= 0.6 is 0 Å². The summed E-state index contributed by atoms with van der Waals surface area (Å²) in [5.41, 5.74) is -2.62. The Labute approximate surface area is 226 Å². The molecular formula is C28H18F10N2O. The van der Waals surface area contributed by atoms with Crippen molar-refractivity contribution in [3.8, 4) is 39.4 Å². The molecule has 0 aliphatic heterocycles. The van der Waals surface area contributed by atoms with E-state index in [9.17, 15) is 43.9 Å². The zero-order chi connectivity index (χ0) is 30.1. The molecule has 0 N–H and O–H groups in total. The van der Waals surface area contributed by atoms with E-state index in [1.165, 1.54) is 12.4 Å². The number of alkyl halides is 4. The number of rotatable bonds is 9. The number of nitrogens with zero attached hydrogens (tertiary/aromatic N) is 2. The number of benzene rings is 3. The molecule has 0 radical (unpaired) electrons. The van der Waals surface area contributed by atoms with Crippen molar-refractivity contribution < 1.29 is 48.6 Å². The van der Waals surface area contributed by atoms with E-state index in [0.717, 1.165) is 37.0 Å². The largest absolute Gasteiger partial charge is 0.461 e. The highest BCUT2D eigenvalue weighted by molar-refractivity contribution is 5.74. The van der Waals surface area contributed by atoms with Gasteiger partial charge in [0.15, 0.2) is 23.2 Å². The highest BCUT2D eigenvalue weighted by atomic mass is 19.3. The lowest BCUT2D eigenvalue weighted by Gasteiger charge is -2.18. The Morgan fingerprint density at radius 1 is 0.683 bits per heavy atom. The standard InChI is InChI=1S/C28H18F10N2O/c1-2-3-4-13-11-39-26(40-12-13)16-9-19(31)23(20(32)10-16)14-5-17(29)24(18(30)6-14)15-7-21(33)25(22(34)8-15)41-28(37,38)27(35)36/h5-12,27H,2-4H2,1H3. The van der Waals surface area contributed by atoms with Crippen LogP contribution in [0.3, 0.4) is 0 Å². The average Bonchev–Trinajstić information content (AvgIpc) is 2.89. The number of unbranched alkanes of at least 4 members (excludes halogenated alkanes) is 1. The Balaban J connectivity index is 1.68. The van der Waals surface area contributed by atoms with Crippen LogP contribution in [0.25, 0.3) is 33.6 Å². The molecule has 0 bridgehead atoms. The maximum Gasteiger partial charge on any atom is 0.461 e. The summed E-state index contributed by atoms with van der Waals surface area (Å²) in [4.78, 5) is 8.19. The molecule has 216 valence electrons. The van der Waals surface area contributed by atoms with Crippen LogP contribution in [0, 0.1) is 34.9 Å². The SMILES string of the molecule is CCCCc1cnc(-c2cc(F)c(-c3cc(F)c(-c4cc(F)c(OC(F)(F)C(F)F)c(F)c4)c(F)c3)c(F)c2)nc1. The first-order chi connectivity index (χ1) is 19.3. The minimum absolute atomic E-state index is 0.00472. The van der Waals surface area contributed by atoms with Gasteiger partial charge in [-0.3, -0.25) is 0 Å². The van der Waals surface area contributed by atoms with Gasteiger partial charge < -0.3 is 4.74 Å². The van der Waals surface area contributed by atoms with Gasteiger partial charge in [-0.2, -0.15) is 17.6 Å². The van der Waals surface area contributed by atoms with Crippen molar-refractivity contribution in [3.05, 3.63) is 89.3 Å². The van der Waals surface area contributed by atoms with Crippen LogP contribution in [0.15, 0.2) is 48.8 Å². The van der Waals surface area contributed by atoms with Gasteiger partial charge in [0.05, 0.1) is 11.1 Å². The van der Waals surface area contributed by atoms with E-state index in [-0.39, 0.29) is 23.5 Å². The van der Waals surface area contributed by atoms with Crippen LogP contribution in [0.4, 0.5) is 43.9 Å². The van der Waals surface area contributed by atoms with Crippen LogP contribution < -0.4 is 4.74 Å².